The lowest BCUT2D eigenvalue weighted by Gasteiger charge is -1.97. The Hall–Kier alpha value is -0.0431. The first-order valence-electron chi connectivity index (χ1n) is 2.92. The van der Waals surface area contributed by atoms with Crippen molar-refractivity contribution in [2.45, 2.75) is 25.6 Å². The van der Waals surface area contributed by atoms with E-state index in [1.807, 2.05) is 6.08 Å². The zero-order valence-corrected chi connectivity index (χ0v) is 6.43. The fraction of sp³-hybridized carbons (Fsp3) is 0.667. The molecule has 0 nitrogen and oxygen atoms in total. The first-order chi connectivity index (χ1) is 3.31. The highest BCUT2D eigenvalue weighted by molar-refractivity contribution is 6.57. The molecule has 1 atom stereocenters. The van der Waals surface area contributed by atoms with Gasteiger partial charge in [0.05, 0.1) is 0 Å². The van der Waals surface area contributed by atoms with Crippen molar-refractivity contribution >= 4 is 8.80 Å². The van der Waals surface area contributed by atoms with Crippen LogP contribution < -0.4 is 0 Å². The second-order valence-electron chi connectivity index (χ2n) is 2.04. The van der Waals surface area contributed by atoms with Crippen molar-refractivity contribution in [3.05, 3.63) is 12.7 Å². The van der Waals surface area contributed by atoms with Gasteiger partial charge >= 0.3 is 0 Å². The van der Waals surface area contributed by atoms with Crippen molar-refractivity contribution in [1.29, 1.82) is 0 Å². The van der Waals surface area contributed by atoms with Crippen molar-refractivity contribution < 1.29 is 0 Å². The maximum absolute atomic E-state index is 3.68. The summed E-state index contributed by atoms with van der Waals surface area (Å²) >= 11 is 0. The van der Waals surface area contributed by atoms with E-state index < -0.39 is 0 Å². The van der Waals surface area contributed by atoms with Gasteiger partial charge in [-0.15, -0.1) is 6.58 Å². The van der Waals surface area contributed by atoms with Gasteiger partial charge in [0.1, 0.15) is 0 Å². The minimum atomic E-state index is -0.299. The summed E-state index contributed by atoms with van der Waals surface area (Å²) in [5.41, 5.74) is 0. The summed E-state index contributed by atoms with van der Waals surface area (Å²) in [5, 5.41) is 0. The molecule has 0 aliphatic carbocycles. The van der Waals surface area contributed by atoms with Gasteiger partial charge in [0.2, 0.25) is 0 Å². The number of hydrogen-bond acceptors (Lipinski definition) is 0. The third kappa shape index (κ3) is 3.80. The van der Waals surface area contributed by atoms with Crippen molar-refractivity contribution in [3.8, 4) is 0 Å². The summed E-state index contributed by atoms with van der Waals surface area (Å²) in [6.45, 7) is 8.32. The van der Waals surface area contributed by atoms with Crippen molar-refractivity contribution in [2.24, 2.45) is 0 Å². The molecule has 0 amide bonds. The Bertz CT molecular complexity index is 50.1. The first-order valence-corrected chi connectivity index (χ1v) is 5.71. The van der Waals surface area contributed by atoms with Gasteiger partial charge in [-0.1, -0.05) is 25.6 Å². The molecule has 0 radical (unpaired) electrons. The zero-order chi connectivity index (χ0) is 5.70. The highest BCUT2D eigenvalue weighted by Crippen LogP contribution is 1.96. The van der Waals surface area contributed by atoms with Crippen LogP contribution in [0.3, 0.4) is 0 Å². The molecule has 7 heavy (non-hydrogen) atoms. The van der Waals surface area contributed by atoms with Crippen LogP contribution in [0.5, 0.6) is 0 Å². The second kappa shape index (κ2) is 4.12. The molecule has 0 saturated heterocycles. The van der Waals surface area contributed by atoms with Crippen molar-refractivity contribution in [2.75, 3.05) is 0 Å². The average Bonchev–Trinajstić information content (AvgIpc) is 1.68. The lowest BCUT2D eigenvalue weighted by atomic mass is 10.8. The van der Waals surface area contributed by atoms with Crippen LogP contribution in [0, 0.1) is 0 Å². The monoisotopic (exact) mass is 114 g/mol. The maximum Gasteiger partial charge on any atom is 0.0372 e. The van der Waals surface area contributed by atoms with Gasteiger partial charge < -0.3 is 0 Å². The van der Waals surface area contributed by atoms with Crippen LogP contribution in [-0.2, 0) is 0 Å². The Labute approximate surface area is 47.9 Å². The maximum atomic E-state index is 3.68. The molecule has 0 aliphatic heterocycles. The summed E-state index contributed by atoms with van der Waals surface area (Å²) < 4.78 is 0. The Morgan fingerprint density at radius 3 is 2.43 bits per heavy atom. The molecule has 0 N–H and O–H groups in total. The molecule has 0 rings (SSSR count). The predicted octanol–water partition coefficient (Wildman–Crippen LogP) is 2.05. The Morgan fingerprint density at radius 2 is 2.29 bits per heavy atom. The fourth-order valence-corrected chi connectivity index (χ4v) is 1.35. The third-order valence-electron chi connectivity index (χ3n) is 1.27. The molecule has 0 saturated carbocycles. The van der Waals surface area contributed by atoms with E-state index in [4.69, 9.17) is 0 Å². The van der Waals surface area contributed by atoms with Crippen LogP contribution in [0.25, 0.3) is 0 Å². The van der Waals surface area contributed by atoms with Crippen LogP contribution in [0.2, 0.25) is 18.6 Å². The van der Waals surface area contributed by atoms with E-state index in [-0.39, 0.29) is 8.80 Å². The van der Waals surface area contributed by atoms with Gasteiger partial charge in [0.15, 0.2) is 0 Å². The normalized spacial score (nSPS) is 13.4. The average molecular weight is 114 g/mol. The summed E-state index contributed by atoms with van der Waals surface area (Å²) in [6, 6.07) is 2.71. The SMILES string of the molecule is C=CC[SiH](C)CC. The molecule has 0 aromatic carbocycles. The molecule has 0 aliphatic rings. The summed E-state index contributed by atoms with van der Waals surface area (Å²) in [6.07, 6.45) is 2.04. The molecule has 1 unspecified atom stereocenters. The number of rotatable bonds is 3. The van der Waals surface area contributed by atoms with E-state index in [0.717, 1.165) is 0 Å². The van der Waals surface area contributed by atoms with E-state index in [1.54, 1.807) is 0 Å². The van der Waals surface area contributed by atoms with E-state index in [0.29, 0.717) is 0 Å². The van der Waals surface area contributed by atoms with Crippen LogP contribution >= 0.6 is 0 Å². The smallest absolute Gasteiger partial charge is 0.0372 e. The molecule has 0 heterocycles. The summed E-state index contributed by atoms with van der Waals surface area (Å²) in [7, 11) is -0.299. The Morgan fingerprint density at radius 1 is 1.71 bits per heavy atom. The lowest BCUT2D eigenvalue weighted by molar-refractivity contribution is 1.38. The van der Waals surface area contributed by atoms with Gasteiger partial charge in [-0.25, -0.2) is 0 Å². The Kier molecular flexibility index (Phi) is 4.10. The highest BCUT2D eigenvalue weighted by atomic mass is 28.3. The molecule has 0 bridgehead atoms. The van der Waals surface area contributed by atoms with Crippen LogP contribution in [0.15, 0.2) is 12.7 Å². The van der Waals surface area contributed by atoms with Gasteiger partial charge in [0.25, 0.3) is 0 Å². The minimum absolute atomic E-state index is 0.299. The number of allylic oxidation sites excluding steroid dienone is 1. The molecular weight excluding hydrogens is 100 g/mol. The zero-order valence-electron chi connectivity index (χ0n) is 5.28. The Balaban J connectivity index is 2.98. The molecule has 0 fully saturated rings. The summed E-state index contributed by atoms with van der Waals surface area (Å²) in [4.78, 5) is 0. The first kappa shape index (κ1) is 6.96. The standard InChI is InChI=1S/C6H14Si/c1-4-6-7(3)5-2/h4,7H,1,5-6H2,2-3H3. The van der Waals surface area contributed by atoms with E-state index in [2.05, 4.69) is 20.0 Å². The van der Waals surface area contributed by atoms with Crippen LogP contribution in [-0.4, -0.2) is 8.80 Å². The second-order valence-corrected chi connectivity index (χ2v) is 5.54. The molecule has 1 heteroatoms. The minimum Gasteiger partial charge on any atom is -0.103 e. The van der Waals surface area contributed by atoms with Gasteiger partial charge in [-0.2, -0.15) is 0 Å². The highest BCUT2D eigenvalue weighted by Gasteiger charge is 1.93. The summed E-state index contributed by atoms with van der Waals surface area (Å²) in [5.74, 6) is 0. The van der Waals surface area contributed by atoms with E-state index >= 15 is 0 Å². The lowest BCUT2D eigenvalue weighted by Crippen LogP contribution is -2.00. The largest absolute Gasteiger partial charge is 0.103 e. The fourth-order valence-electron chi connectivity index (χ4n) is 0.451. The predicted molar refractivity (Wildman–Crippen MR) is 38.5 cm³/mol. The molecular formula is C6H14Si. The molecule has 0 aromatic rings. The van der Waals surface area contributed by atoms with Crippen molar-refractivity contribution in [3.63, 3.8) is 0 Å². The van der Waals surface area contributed by atoms with Crippen LogP contribution in [0.4, 0.5) is 0 Å². The molecule has 0 spiro atoms. The molecule has 42 valence electrons. The van der Waals surface area contributed by atoms with Gasteiger partial charge in [-0.05, 0) is 6.04 Å². The van der Waals surface area contributed by atoms with Crippen LogP contribution in [0.1, 0.15) is 6.92 Å². The van der Waals surface area contributed by atoms with Crippen molar-refractivity contribution in [1.82, 2.24) is 0 Å². The molecule has 0 aromatic heterocycles. The van der Waals surface area contributed by atoms with Gasteiger partial charge in [-0.3, -0.25) is 0 Å². The van der Waals surface area contributed by atoms with E-state index in [1.165, 1.54) is 12.1 Å². The third-order valence-corrected chi connectivity index (χ3v) is 3.80. The van der Waals surface area contributed by atoms with E-state index in [9.17, 15) is 0 Å². The van der Waals surface area contributed by atoms with Gasteiger partial charge in [0, 0.05) is 8.80 Å². The number of hydrogen-bond donors (Lipinski definition) is 0. The quantitative estimate of drug-likeness (QED) is 0.389. The topological polar surface area (TPSA) is 0 Å².